The van der Waals surface area contributed by atoms with E-state index in [9.17, 15) is 13.2 Å². The van der Waals surface area contributed by atoms with E-state index >= 15 is 0 Å². The van der Waals surface area contributed by atoms with E-state index in [1.165, 1.54) is 13.1 Å². The second-order valence-corrected chi connectivity index (χ2v) is 2.69. The van der Waals surface area contributed by atoms with Crippen LogP contribution in [0.5, 0.6) is 0 Å². The van der Waals surface area contributed by atoms with Crippen molar-refractivity contribution in [2.45, 2.75) is 13.1 Å². The van der Waals surface area contributed by atoms with E-state index in [0.29, 0.717) is 5.56 Å². The standard InChI is InChI=1S/C7H5ClF3N/c1-4-2-12-3-5(6(4)8)7(9,10)11/h2-3H,1H3. The van der Waals surface area contributed by atoms with Crippen molar-refractivity contribution in [1.29, 1.82) is 0 Å². The number of aromatic nitrogens is 1. The van der Waals surface area contributed by atoms with Gasteiger partial charge in [-0.05, 0) is 12.5 Å². The molecule has 0 fully saturated rings. The summed E-state index contributed by atoms with van der Waals surface area (Å²) in [4.78, 5) is 3.41. The van der Waals surface area contributed by atoms with Crippen LogP contribution in [0, 0.1) is 6.92 Å². The number of halogens is 4. The maximum Gasteiger partial charge on any atom is 0.419 e. The van der Waals surface area contributed by atoms with Crippen molar-refractivity contribution in [3.63, 3.8) is 0 Å². The maximum absolute atomic E-state index is 12.1. The largest absolute Gasteiger partial charge is 0.419 e. The average Bonchev–Trinajstić information content (AvgIpc) is 1.92. The van der Waals surface area contributed by atoms with Crippen LogP contribution in [0.1, 0.15) is 11.1 Å². The van der Waals surface area contributed by atoms with E-state index in [1.54, 1.807) is 0 Å². The molecule has 0 spiro atoms. The molecule has 1 aromatic rings. The van der Waals surface area contributed by atoms with Gasteiger partial charge in [-0.2, -0.15) is 13.2 Å². The van der Waals surface area contributed by atoms with E-state index in [1.807, 2.05) is 0 Å². The Balaban J connectivity index is 3.26. The third kappa shape index (κ3) is 1.69. The number of nitrogens with zero attached hydrogens (tertiary/aromatic N) is 1. The summed E-state index contributed by atoms with van der Waals surface area (Å²) in [6, 6.07) is 0. The minimum absolute atomic E-state index is 0.280. The first-order valence-electron chi connectivity index (χ1n) is 3.10. The number of rotatable bonds is 0. The molecule has 0 atom stereocenters. The number of pyridine rings is 1. The molecule has 12 heavy (non-hydrogen) atoms. The SMILES string of the molecule is Cc1cncc(C(F)(F)F)c1Cl. The van der Waals surface area contributed by atoms with Crippen LogP contribution < -0.4 is 0 Å². The number of alkyl halides is 3. The van der Waals surface area contributed by atoms with Gasteiger partial charge in [0.1, 0.15) is 0 Å². The van der Waals surface area contributed by atoms with Gasteiger partial charge in [0.15, 0.2) is 0 Å². The zero-order chi connectivity index (χ0) is 9.35. The van der Waals surface area contributed by atoms with Crippen molar-refractivity contribution >= 4 is 11.6 Å². The Bertz CT molecular complexity index is 295. The molecule has 0 saturated heterocycles. The van der Waals surface area contributed by atoms with Crippen LogP contribution >= 0.6 is 11.6 Å². The van der Waals surface area contributed by atoms with Gasteiger partial charge in [0.05, 0.1) is 10.6 Å². The lowest BCUT2D eigenvalue weighted by Crippen LogP contribution is -2.07. The van der Waals surface area contributed by atoms with Crippen molar-refractivity contribution in [3.05, 3.63) is 28.5 Å². The second kappa shape index (κ2) is 2.94. The Morgan fingerprint density at radius 2 is 1.92 bits per heavy atom. The van der Waals surface area contributed by atoms with Gasteiger partial charge < -0.3 is 0 Å². The van der Waals surface area contributed by atoms with Crippen LogP contribution in [-0.2, 0) is 6.18 Å². The van der Waals surface area contributed by atoms with Crippen molar-refractivity contribution in [3.8, 4) is 0 Å². The van der Waals surface area contributed by atoms with Gasteiger partial charge in [0.2, 0.25) is 0 Å². The normalized spacial score (nSPS) is 11.8. The summed E-state index contributed by atoms with van der Waals surface area (Å²) >= 11 is 5.42. The zero-order valence-electron chi connectivity index (χ0n) is 6.11. The lowest BCUT2D eigenvalue weighted by atomic mass is 10.2. The highest BCUT2D eigenvalue weighted by molar-refractivity contribution is 6.32. The molecule has 1 rings (SSSR count). The summed E-state index contributed by atoms with van der Waals surface area (Å²) in [5.41, 5.74) is -0.560. The molecule has 0 unspecified atom stereocenters. The molecule has 0 bridgehead atoms. The number of hydrogen-bond donors (Lipinski definition) is 0. The highest BCUT2D eigenvalue weighted by atomic mass is 35.5. The van der Waals surface area contributed by atoms with Crippen LogP contribution in [0.2, 0.25) is 5.02 Å². The lowest BCUT2D eigenvalue weighted by molar-refractivity contribution is -0.137. The third-order valence-electron chi connectivity index (χ3n) is 1.36. The van der Waals surface area contributed by atoms with E-state index < -0.39 is 11.7 Å². The van der Waals surface area contributed by atoms with E-state index in [4.69, 9.17) is 11.6 Å². The average molecular weight is 196 g/mol. The number of aryl methyl sites for hydroxylation is 1. The molecule has 0 N–H and O–H groups in total. The molecular weight excluding hydrogens is 191 g/mol. The molecule has 0 aliphatic heterocycles. The van der Waals surface area contributed by atoms with Crippen LogP contribution in [0.4, 0.5) is 13.2 Å². The first-order valence-corrected chi connectivity index (χ1v) is 3.48. The second-order valence-electron chi connectivity index (χ2n) is 2.32. The predicted molar refractivity (Wildman–Crippen MR) is 39.0 cm³/mol. The minimum atomic E-state index is -4.42. The first kappa shape index (κ1) is 9.32. The Morgan fingerprint density at radius 1 is 1.33 bits per heavy atom. The highest BCUT2D eigenvalue weighted by Crippen LogP contribution is 2.34. The fraction of sp³-hybridized carbons (Fsp3) is 0.286. The van der Waals surface area contributed by atoms with Crippen LogP contribution in [-0.4, -0.2) is 4.98 Å². The highest BCUT2D eigenvalue weighted by Gasteiger charge is 2.33. The molecule has 1 heterocycles. The molecule has 5 heteroatoms. The summed E-state index contributed by atoms with van der Waals surface area (Å²) in [5.74, 6) is 0. The van der Waals surface area contributed by atoms with Gasteiger partial charge in [0, 0.05) is 12.4 Å². The summed E-state index contributed by atoms with van der Waals surface area (Å²) in [5, 5.41) is -0.280. The van der Waals surface area contributed by atoms with Crippen molar-refractivity contribution in [2.24, 2.45) is 0 Å². The predicted octanol–water partition coefficient (Wildman–Crippen LogP) is 3.06. The topological polar surface area (TPSA) is 12.9 Å². The monoisotopic (exact) mass is 195 g/mol. The molecule has 0 amide bonds. The van der Waals surface area contributed by atoms with Crippen LogP contribution in [0.3, 0.4) is 0 Å². The van der Waals surface area contributed by atoms with E-state index in [-0.39, 0.29) is 5.02 Å². The molecule has 0 aliphatic rings. The first-order chi connectivity index (χ1) is 5.43. The molecular formula is C7H5ClF3N. The summed E-state index contributed by atoms with van der Waals surface area (Å²) in [6.45, 7) is 1.48. The van der Waals surface area contributed by atoms with Gasteiger partial charge in [-0.25, -0.2) is 0 Å². The Kier molecular flexibility index (Phi) is 2.28. The quantitative estimate of drug-likeness (QED) is 0.620. The summed E-state index contributed by atoms with van der Waals surface area (Å²) in [7, 11) is 0. The van der Waals surface area contributed by atoms with Crippen molar-refractivity contribution < 1.29 is 13.2 Å². The molecule has 1 aromatic heterocycles. The Morgan fingerprint density at radius 3 is 2.33 bits per heavy atom. The molecule has 0 aromatic carbocycles. The van der Waals surface area contributed by atoms with Crippen LogP contribution in [0.15, 0.2) is 12.4 Å². The van der Waals surface area contributed by atoms with E-state index in [0.717, 1.165) is 6.20 Å². The fourth-order valence-corrected chi connectivity index (χ4v) is 0.952. The van der Waals surface area contributed by atoms with Gasteiger partial charge >= 0.3 is 6.18 Å². The Labute approximate surface area is 72.2 Å². The summed E-state index contributed by atoms with van der Waals surface area (Å²) in [6.07, 6.45) is -2.41. The maximum atomic E-state index is 12.1. The third-order valence-corrected chi connectivity index (χ3v) is 1.86. The van der Waals surface area contributed by atoms with Gasteiger partial charge in [-0.1, -0.05) is 11.6 Å². The van der Waals surface area contributed by atoms with Gasteiger partial charge in [0.25, 0.3) is 0 Å². The molecule has 66 valence electrons. The van der Waals surface area contributed by atoms with Gasteiger partial charge in [-0.3, -0.25) is 4.98 Å². The fourth-order valence-electron chi connectivity index (χ4n) is 0.747. The van der Waals surface area contributed by atoms with Crippen molar-refractivity contribution in [1.82, 2.24) is 4.98 Å². The molecule has 1 nitrogen and oxygen atoms in total. The smallest absolute Gasteiger partial charge is 0.264 e. The Hall–Kier alpha value is -0.770. The number of hydrogen-bond acceptors (Lipinski definition) is 1. The summed E-state index contributed by atoms with van der Waals surface area (Å²) < 4.78 is 36.3. The molecule has 0 aliphatic carbocycles. The minimum Gasteiger partial charge on any atom is -0.264 e. The van der Waals surface area contributed by atoms with Crippen LogP contribution in [0.25, 0.3) is 0 Å². The molecule has 0 saturated carbocycles. The van der Waals surface area contributed by atoms with E-state index in [2.05, 4.69) is 4.98 Å². The molecule has 0 radical (unpaired) electrons. The zero-order valence-corrected chi connectivity index (χ0v) is 6.87. The lowest BCUT2D eigenvalue weighted by Gasteiger charge is -2.08. The van der Waals surface area contributed by atoms with Gasteiger partial charge in [-0.15, -0.1) is 0 Å². The van der Waals surface area contributed by atoms with Crippen molar-refractivity contribution in [2.75, 3.05) is 0 Å².